The minimum Gasteiger partial charge on any atom is -0.491 e. The highest BCUT2D eigenvalue weighted by molar-refractivity contribution is 6.30. The lowest BCUT2D eigenvalue weighted by molar-refractivity contribution is -0.165. The van der Waals surface area contributed by atoms with E-state index in [4.69, 9.17) is 25.8 Å². The van der Waals surface area contributed by atoms with Crippen LogP contribution >= 0.6 is 11.6 Å². The lowest BCUT2D eigenvalue weighted by Gasteiger charge is -2.22. The summed E-state index contributed by atoms with van der Waals surface area (Å²) >= 11 is 6.10. The van der Waals surface area contributed by atoms with Gasteiger partial charge in [-0.1, -0.05) is 11.6 Å². The quantitative estimate of drug-likeness (QED) is 0.594. The van der Waals surface area contributed by atoms with Crippen molar-refractivity contribution in [2.45, 2.75) is 25.6 Å². The highest BCUT2D eigenvalue weighted by Crippen LogP contribution is 2.24. The van der Waals surface area contributed by atoms with E-state index >= 15 is 0 Å². The van der Waals surface area contributed by atoms with Crippen LogP contribution in [0.1, 0.15) is 19.3 Å². The molecule has 0 bridgehead atoms. The number of halogens is 1. The fourth-order valence-corrected chi connectivity index (χ4v) is 3.23. The van der Waals surface area contributed by atoms with Gasteiger partial charge in [-0.15, -0.1) is 0 Å². The van der Waals surface area contributed by atoms with Gasteiger partial charge in [-0.3, -0.25) is 4.40 Å². The number of ether oxygens (including phenoxy) is 3. The van der Waals surface area contributed by atoms with Crippen molar-refractivity contribution in [1.29, 1.82) is 0 Å². The summed E-state index contributed by atoms with van der Waals surface area (Å²) in [5.41, 5.74) is 2.91. The van der Waals surface area contributed by atoms with Gasteiger partial charge >= 0.3 is 0 Å². The van der Waals surface area contributed by atoms with Crippen LogP contribution in [0.4, 0.5) is 0 Å². The van der Waals surface area contributed by atoms with Crippen molar-refractivity contribution in [3.8, 4) is 17.0 Å². The molecule has 6 heteroatoms. The molecule has 4 rings (SSSR count). The summed E-state index contributed by atoms with van der Waals surface area (Å²) in [5, 5.41) is 0.679. The third kappa shape index (κ3) is 4.01. The average molecular weight is 373 g/mol. The topological polar surface area (TPSA) is 45.0 Å². The number of rotatable bonds is 6. The fourth-order valence-electron chi connectivity index (χ4n) is 3.07. The molecule has 1 saturated heterocycles. The molecule has 3 aromatic rings. The Balaban J connectivity index is 1.35. The zero-order valence-corrected chi connectivity index (χ0v) is 15.2. The van der Waals surface area contributed by atoms with E-state index in [1.165, 1.54) is 6.42 Å². The van der Waals surface area contributed by atoms with Crippen molar-refractivity contribution in [3.63, 3.8) is 0 Å². The summed E-state index contributed by atoms with van der Waals surface area (Å²) in [6.45, 7) is 1.82. The van der Waals surface area contributed by atoms with Gasteiger partial charge in [0.2, 0.25) is 0 Å². The van der Waals surface area contributed by atoms with Crippen molar-refractivity contribution in [2.75, 3.05) is 19.8 Å². The van der Waals surface area contributed by atoms with E-state index in [1.807, 2.05) is 53.2 Å². The van der Waals surface area contributed by atoms with Crippen LogP contribution in [-0.4, -0.2) is 35.5 Å². The average Bonchev–Trinajstić information content (AvgIpc) is 3.09. The van der Waals surface area contributed by atoms with E-state index in [-0.39, 0.29) is 6.29 Å². The molecule has 0 amide bonds. The van der Waals surface area contributed by atoms with Crippen LogP contribution in [0, 0.1) is 0 Å². The van der Waals surface area contributed by atoms with Gasteiger partial charge in [-0.25, -0.2) is 4.98 Å². The smallest absolute Gasteiger partial charge is 0.157 e. The second kappa shape index (κ2) is 8.08. The summed E-state index contributed by atoms with van der Waals surface area (Å²) in [4.78, 5) is 4.41. The Bertz CT molecular complexity index is 857. The van der Waals surface area contributed by atoms with Crippen molar-refractivity contribution in [3.05, 3.63) is 53.8 Å². The van der Waals surface area contributed by atoms with Gasteiger partial charge in [-0.2, -0.15) is 0 Å². The van der Waals surface area contributed by atoms with Crippen LogP contribution in [0.3, 0.4) is 0 Å². The van der Waals surface area contributed by atoms with Gasteiger partial charge in [0.1, 0.15) is 18.0 Å². The zero-order chi connectivity index (χ0) is 17.8. The Morgan fingerprint density at radius 2 is 2.00 bits per heavy atom. The maximum atomic E-state index is 6.10. The van der Waals surface area contributed by atoms with E-state index in [0.29, 0.717) is 18.2 Å². The minimum atomic E-state index is -0.0725. The molecule has 2 aromatic heterocycles. The first-order valence-electron chi connectivity index (χ1n) is 8.89. The highest BCUT2D eigenvalue weighted by Gasteiger charge is 2.13. The molecular weight excluding hydrogens is 352 g/mol. The first-order chi connectivity index (χ1) is 12.8. The molecule has 1 aliphatic heterocycles. The highest BCUT2D eigenvalue weighted by atomic mass is 35.5. The molecule has 26 heavy (non-hydrogen) atoms. The van der Waals surface area contributed by atoms with Gasteiger partial charge in [-0.05, 0) is 55.7 Å². The van der Waals surface area contributed by atoms with E-state index in [0.717, 1.165) is 42.1 Å². The Morgan fingerprint density at radius 3 is 2.81 bits per heavy atom. The lowest BCUT2D eigenvalue weighted by Crippen LogP contribution is -2.24. The molecule has 1 fully saturated rings. The van der Waals surface area contributed by atoms with E-state index in [1.54, 1.807) is 0 Å². The van der Waals surface area contributed by atoms with Gasteiger partial charge in [0.05, 0.1) is 23.5 Å². The summed E-state index contributed by atoms with van der Waals surface area (Å²) in [5.74, 6) is 0.814. The summed E-state index contributed by atoms with van der Waals surface area (Å²) in [7, 11) is 0. The number of pyridine rings is 1. The summed E-state index contributed by atoms with van der Waals surface area (Å²) in [6, 6.07) is 11.7. The predicted molar refractivity (Wildman–Crippen MR) is 101 cm³/mol. The third-order valence-electron chi connectivity index (χ3n) is 4.41. The monoisotopic (exact) mass is 372 g/mol. The number of imidazole rings is 1. The van der Waals surface area contributed by atoms with Crippen molar-refractivity contribution in [1.82, 2.24) is 9.38 Å². The molecular formula is C20H21ClN2O3. The molecule has 0 N–H and O–H groups in total. The molecule has 1 unspecified atom stereocenters. The Kier molecular flexibility index (Phi) is 5.39. The van der Waals surface area contributed by atoms with Gasteiger partial charge in [0, 0.05) is 18.4 Å². The predicted octanol–water partition coefficient (Wildman–Crippen LogP) is 4.58. The van der Waals surface area contributed by atoms with Crippen molar-refractivity contribution in [2.24, 2.45) is 0 Å². The number of nitrogens with zero attached hydrogens (tertiary/aromatic N) is 2. The zero-order valence-electron chi connectivity index (χ0n) is 14.4. The normalized spacial score (nSPS) is 17.5. The van der Waals surface area contributed by atoms with Crippen LogP contribution in [0.15, 0.2) is 48.8 Å². The SMILES string of the molecule is Clc1ccc2ncc(-c3ccc(OCCOC4CCCCO4)cc3)n2c1. The molecule has 1 aromatic carbocycles. The molecule has 0 spiro atoms. The standard InChI is InChI=1S/C20H21ClN2O3/c21-16-6-9-19-22-13-18(23(19)14-16)15-4-7-17(8-5-15)24-11-12-26-20-3-1-2-10-25-20/h4-9,13-14,20H,1-3,10-12H2. The van der Waals surface area contributed by atoms with E-state index in [2.05, 4.69) is 4.98 Å². The number of hydrogen-bond donors (Lipinski definition) is 0. The van der Waals surface area contributed by atoms with Gasteiger partial charge in [0.25, 0.3) is 0 Å². The Labute approximate surface area is 157 Å². The number of fused-ring (bicyclic) bond motifs is 1. The van der Waals surface area contributed by atoms with Gasteiger partial charge < -0.3 is 14.2 Å². The second-order valence-corrected chi connectivity index (χ2v) is 6.70. The van der Waals surface area contributed by atoms with Crippen molar-refractivity contribution < 1.29 is 14.2 Å². The van der Waals surface area contributed by atoms with Crippen LogP contribution < -0.4 is 4.74 Å². The molecule has 0 radical (unpaired) electrons. The largest absolute Gasteiger partial charge is 0.491 e. The number of aromatic nitrogens is 2. The van der Waals surface area contributed by atoms with Crippen molar-refractivity contribution >= 4 is 17.2 Å². The number of hydrogen-bond acceptors (Lipinski definition) is 4. The molecule has 0 saturated carbocycles. The van der Waals surface area contributed by atoms with E-state index < -0.39 is 0 Å². The molecule has 136 valence electrons. The van der Waals surface area contributed by atoms with Crippen LogP contribution in [0.25, 0.3) is 16.9 Å². The molecule has 3 heterocycles. The maximum Gasteiger partial charge on any atom is 0.157 e. The molecule has 5 nitrogen and oxygen atoms in total. The second-order valence-electron chi connectivity index (χ2n) is 6.26. The molecule has 1 atom stereocenters. The minimum absolute atomic E-state index is 0.0725. The van der Waals surface area contributed by atoms with Crippen LogP contribution in [-0.2, 0) is 9.47 Å². The Morgan fingerprint density at radius 1 is 1.12 bits per heavy atom. The fraction of sp³-hybridized carbons (Fsp3) is 0.350. The third-order valence-corrected chi connectivity index (χ3v) is 4.64. The van der Waals surface area contributed by atoms with E-state index in [9.17, 15) is 0 Å². The molecule has 0 aliphatic carbocycles. The first kappa shape index (κ1) is 17.3. The van der Waals surface area contributed by atoms with Crippen LogP contribution in [0.5, 0.6) is 5.75 Å². The lowest BCUT2D eigenvalue weighted by atomic mass is 10.1. The molecule has 1 aliphatic rings. The maximum absolute atomic E-state index is 6.10. The summed E-state index contributed by atoms with van der Waals surface area (Å²) in [6.07, 6.45) is 6.91. The Hall–Kier alpha value is -2.08. The van der Waals surface area contributed by atoms with Crippen LogP contribution in [0.2, 0.25) is 5.02 Å². The first-order valence-corrected chi connectivity index (χ1v) is 9.26. The summed E-state index contributed by atoms with van der Waals surface area (Å²) < 4.78 is 18.9. The number of benzene rings is 1. The van der Waals surface area contributed by atoms with Gasteiger partial charge in [0.15, 0.2) is 6.29 Å².